The summed E-state index contributed by atoms with van der Waals surface area (Å²) in [6.07, 6.45) is 3.98. The fourth-order valence-corrected chi connectivity index (χ4v) is 4.54. The van der Waals surface area contributed by atoms with Gasteiger partial charge < -0.3 is 14.7 Å². The number of amides is 1. The molecule has 9 heteroatoms. The Hall–Kier alpha value is -3.04. The van der Waals surface area contributed by atoms with Crippen LogP contribution in [-0.4, -0.2) is 80.8 Å². The topological polar surface area (TPSA) is 101 Å². The summed E-state index contributed by atoms with van der Waals surface area (Å²) in [6, 6.07) is 2.89. The largest absolute Gasteiger partial charge is 0.507 e. The van der Waals surface area contributed by atoms with Crippen molar-refractivity contribution in [2.75, 3.05) is 39.4 Å². The third kappa shape index (κ3) is 4.05. The minimum Gasteiger partial charge on any atom is -0.507 e. The van der Waals surface area contributed by atoms with Crippen LogP contribution in [0.2, 0.25) is 0 Å². The van der Waals surface area contributed by atoms with Gasteiger partial charge in [0.2, 0.25) is 0 Å². The molecule has 2 aliphatic heterocycles. The first-order chi connectivity index (χ1) is 15.4. The summed E-state index contributed by atoms with van der Waals surface area (Å²) >= 11 is 0. The second-order valence-electron chi connectivity index (χ2n) is 8.25. The lowest BCUT2D eigenvalue weighted by atomic mass is 9.95. The lowest BCUT2D eigenvalue weighted by molar-refractivity contribution is -0.140. The average Bonchev–Trinajstić information content (AvgIpc) is 3.20. The van der Waals surface area contributed by atoms with Crippen LogP contribution in [0.1, 0.15) is 35.0 Å². The van der Waals surface area contributed by atoms with E-state index in [2.05, 4.69) is 15.0 Å². The standard InChI is InChI=1S/C23H29N5O4/c1-15-18(16(2)26(3)25-15)21(29)19-20(17-5-7-24-8-6-17)28(23(31)22(19)30)10-4-9-27-11-13-32-14-12-27/h5-8,20,29H,4,9-14H2,1-3H3. The van der Waals surface area contributed by atoms with Crippen LogP contribution in [0.25, 0.3) is 5.76 Å². The van der Waals surface area contributed by atoms with Crippen LogP contribution in [0.4, 0.5) is 0 Å². The number of carbonyl (C=O) groups is 2. The number of rotatable bonds is 6. The van der Waals surface area contributed by atoms with Crippen molar-refractivity contribution in [3.63, 3.8) is 0 Å². The van der Waals surface area contributed by atoms with Crippen molar-refractivity contribution in [1.82, 2.24) is 24.6 Å². The van der Waals surface area contributed by atoms with Gasteiger partial charge in [0.05, 0.1) is 36.1 Å². The molecular formula is C23H29N5O4. The Labute approximate surface area is 187 Å². The van der Waals surface area contributed by atoms with E-state index in [4.69, 9.17) is 4.74 Å². The molecule has 2 aliphatic rings. The number of pyridine rings is 1. The van der Waals surface area contributed by atoms with Crippen molar-refractivity contribution < 1.29 is 19.4 Å². The molecule has 0 saturated carbocycles. The van der Waals surface area contributed by atoms with Crippen molar-refractivity contribution in [3.8, 4) is 0 Å². The summed E-state index contributed by atoms with van der Waals surface area (Å²) in [4.78, 5) is 34.1. The Morgan fingerprint density at radius 3 is 2.47 bits per heavy atom. The van der Waals surface area contributed by atoms with Gasteiger partial charge in [-0.15, -0.1) is 0 Å². The van der Waals surface area contributed by atoms with E-state index in [1.807, 2.05) is 6.92 Å². The maximum atomic E-state index is 13.1. The molecule has 9 nitrogen and oxygen atoms in total. The number of aliphatic hydroxyl groups excluding tert-OH is 1. The van der Waals surface area contributed by atoms with Gasteiger partial charge in [-0.3, -0.25) is 24.2 Å². The van der Waals surface area contributed by atoms with Gasteiger partial charge in [0.15, 0.2) is 0 Å². The van der Waals surface area contributed by atoms with Gasteiger partial charge in [0.1, 0.15) is 5.76 Å². The number of likely N-dealkylation sites (tertiary alicyclic amines) is 1. The molecule has 1 atom stereocenters. The summed E-state index contributed by atoms with van der Waals surface area (Å²) in [5.74, 6) is -1.43. The predicted molar refractivity (Wildman–Crippen MR) is 118 cm³/mol. The number of hydrogen-bond donors (Lipinski definition) is 1. The van der Waals surface area contributed by atoms with Gasteiger partial charge >= 0.3 is 0 Å². The maximum Gasteiger partial charge on any atom is 0.295 e. The molecule has 4 heterocycles. The Kier molecular flexibility index (Phi) is 6.38. The first-order valence-electron chi connectivity index (χ1n) is 10.9. The highest BCUT2D eigenvalue weighted by Gasteiger charge is 2.46. The van der Waals surface area contributed by atoms with E-state index in [0.29, 0.717) is 31.0 Å². The highest BCUT2D eigenvalue weighted by atomic mass is 16.5. The normalized spacial score (nSPS) is 21.5. The molecule has 0 aliphatic carbocycles. The van der Waals surface area contributed by atoms with Crippen molar-refractivity contribution in [2.24, 2.45) is 7.05 Å². The van der Waals surface area contributed by atoms with E-state index in [9.17, 15) is 14.7 Å². The molecule has 1 amide bonds. The van der Waals surface area contributed by atoms with Crippen molar-refractivity contribution in [3.05, 3.63) is 52.6 Å². The van der Waals surface area contributed by atoms with Crippen LogP contribution in [-0.2, 0) is 21.4 Å². The molecule has 2 aromatic rings. The minimum absolute atomic E-state index is 0.103. The number of aromatic nitrogens is 3. The van der Waals surface area contributed by atoms with Gasteiger partial charge in [0, 0.05) is 51.3 Å². The Morgan fingerprint density at radius 1 is 1.16 bits per heavy atom. The van der Waals surface area contributed by atoms with Gasteiger partial charge in [-0.2, -0.15) is 5.10 Å². The summed E-state index contributed by atoms with van der Waals surface area (Å²) in [6.45, 7) is 8.00. The lowest BCUT2D eigenvalue weighted by Gasteiger charge is -2.29. The van der Waals surface area contributed by atoms with Crippen LogP contribution in [0.3, 0.4) is 0 Å². The minimum atomic E-state index is -0.668. The number of Topliss-reactive ketones (excluding diaryl/α,β-unsaturated/α-hetero) is 1. The zero-order valence-corrected chi connectivity index (χ0v) is 18.7. The van der Waals surface area contributed by atoms with Crippen LogP contribution in [0.15, 0.2) is 30.1 Å². The van der Waals surface area contributed by atoms with Gasteiger partial charge in [-0.05, 0) is 38.0 Å². The average molecular weight is 440 g/mol. The van der Waals surface area contributed by atoms with E-state index in [1.54, 1.807) is 48.1 Å². The molecule has 32 heavy (non-hydrogen) atoms. The smallest absolute Gasteiger partial charge is 0.295 e. The Morgan fingerprint density at radius 2 is 1.84 bits per heavy atom. The predicted octanol–water partition coefficient (Wildman–Crippen LogP) is 1.58. The van der Waals surface area contributed by atoms with Crippen LogP contribution in [0, 0.1) is 13.8 Å². The van der Waals surface area contributed by atoms with E-state index in [1.165, 1.54) is 0 Å². The zero-order chi connectivity index (χ0) is 22.8. The summed E-state index contributed by atoms with van der Waals surface area (Å²) in [5, 5.41) is 15.6. The summed E-state index contributed by atoms with van der Waals surface area (Å²) in [5.41, 5.74) is 2.68. The fourth-order valence-electron chi connectivity index (χ4n) is 4.54. The highest BCUT2D eigenvalue weighted by Crippen LogP contribution is 2.40. The molecule has 4 rings (SSSR count). The van der Waals surface area contributed by atoms with E-state index in [0.717, 1.165) is 37.3 Å². The third-order valence-corrected chi connectivity index (χ3v) is 6.28. The molecule has 0 spiro atoms. The van der Waals surface area contributed by atoms with Crippen LogP contribution >= 0.6 is 0 Å². The molecular weight excluding hydrogens is 410 g/mol. The van der Waals surface area contributed by atoms with Gasteiger partial charge in [-0.25, -0.2) is 0 Å². The van der Waals surface area contributed by atoms with Crippen LogP contribution in [0.5, 0.6) is 0 Å². The molecule has 2 saturated heterocycles. The summed E-state index contributed by atoms with van der Waals surface area (Å²) < 4.78 is 7.05. The van der Waals surface area contributed by atoms with Crippen molar-refractivity contribution in [1.29, 1.82) is 0 Å². The number of ketones is 1. The second kappa shape index (κ2) is 9.22. The third-order valence-electron chi connectivity index (χ3n) is 6.28. The van der Waals surface area contributed by atoms with Crippen molar-refractivity contribution >= 4 is 17.4 Å². The number of ether oxygens (including phenoxy) is 1. The van der Waals surface area contributed by atoms with E-state index in [-0.39, 0.29) is 11.3 Å². The molecule has 0 bridgehead atoms. The second-order valence-corrected chi connectivity index (χ2v) is 8.25. The molecule has 2 fully saturated rings. The zero-order valence-electron chi connectivity index (χ0n) is 18.7. The van der Waals surface area contributed by atoms with Gasteiger partial charge in [-0.1, -0.05) is 0 Å². The Bertz CT molecular complexity index is 1040. The fraction of sp³-hybridized carbons (Fsp3) is 0.478. The number of hydrogen-bond acceptors (Lipinski definition) is 7. The number of carbonyl (C=O) groups excluding carboxylic acids is 2. The molecule has 1 unspecified atom stereocenters. The highest BCUT2D eigenvalue weighted by molar-refractivity contribution is 6.46. The van der Waals surface area contributed by atoms with E-state index < -0.39 is 17.7 Å². The monoisotopic (exact) mass is 439 g/mol. The number of nitrogens with zero attached hydrogens (tertiary/aromatic N) is 5. The molecule has 0 radical (unpaired) electrons. The molecule has 1 N–H and O–H groups in total. The molecule has 170 valence electrons. The van der Waals surface area contributed by atoms with Crippen molar-refractivity contribution in [2.45, 2.75) is 26.3 Å². The number of aliphatic hydroxyl groups is 1. The number of aryl methyl sites for hydroxylation is 2. The lowest BCUT2D eigenvalue weighted by Crippen LogP contribution is -2.38. The Balaban J connectivity index is 1.69. The van der Waals surface area contributed by atoms with Crippen LogP contribution < -0.4 is 0 Å². The molecule has 0 aromatic carbocycles. The number of morpholine rings is 1. The molecule has 2 aromatic heterocycles. The van der Waals surface area contributed by atoms with Gasteiger partial charge in [0.25, 0.3) is 11.7 Å². The first-order valence-corrected chi connectivity index (χ1v) is 10.9. The first kappa shape index (κ1) is 22.2. The SMILES string of the molecule is Cc1nn(C)c(C)c1C(O)=C1C(=O)C(=O)N(CCCN2CCOCC2)C1c1ccncc1. The summed E-state index contributed by atoms with van der Waals surface area (Å²) in [7, 11) is 1.78. The maximum absolute atomic E-state index is 13.1. The van der Waals surface area contributed by atoms with E-state index >= 15 is 0 Å². The quantitative estimate of drug-likeness (QED) is 0.414.